The average Bonchev–Trinajstić information content (AvgIpc) is 3.19. The molecule has 1 aliphatic heterocycles. The molecule has 0 N–H and O–H groups in total. The molecule has 33 heavy (non-hydrogen) atoms. The summed E-state index contributed by atoms with van der Waals surface area (Å²) in [5.74, 6) is 0.0496. The first-order valence-corrected chi connectivity index (χ1v) is 11.4. The summed E-state index contributed by atoms with van der Waals surface area (Å²) in [6.07, 6.45) is 0. The standard InChI is InChI=1S/C26H36FN3O3/c1-28(2)24-10-8-20(9-11-24)15-29-16-22(17-30(12-13-32-3)26(31)19-33-4)25(18-29)21-6-5-7-23(27)14-21/h5-11,14,22,25H,12-13,15-19H2,1-4H3/t22-,25-/m0/s1. The molecule has 2 aromatic rings. The quantitative estimate of drug-likeness (QED) is 0.519. The first kappa shape index (κ1) is 25.1. The molecule has 1 aliphatic rings. The summed E-state index contributed by atoms with van der Waals surface area (Å²) in [5.41, 5.74) is 3.39. The van der Waals surface area contributed by atoms with E-state index in [1.165, 1.54) is 24.4 Å². The molecule has 7 heteroatoms. The Morgan fingerprint density at radius 3 is 2.48 bits per heavy atom. The number of methoxy groups -OCH3 is 2. The van der Waals surface area contributed by atoms with Crippen molar-refractivity contribution in [3.05, 3.63) is 65.5 Å². The highest BCUT2D eigenvalue weighted by Gasteiger charge is 2.35. The maximum atomic E-state index is 14.0. The lowest BCUT2D eigenvalue weighted by Gasteiger charge is -2.28. The second-order valence-corrected chi connectivity index (χ2v) is 8.94. The Kier molecular flexibility index (Phi) is 9.23. The zero-order chi connectivity index (χ0) is 23.8. The van der Waals surface area contributed by atoms with Crippen molar-refractivity contribution in [2.24, 2.45) is 5.92 Å². The second kappa shape index (κ2) is 12.1. The van der Waals surface area contributed by atoms with Crippen LogP contribution in [0.2, 0.25) is 0 Å². The number of halogens is 1. The molecule has 0 saturated carbocycles. The van der Waals surface area contributed by atoms with Gasteiger partial charge in [0.1, 0.15) is 12.4 Å². The molecular formula is C26H36FN3O3. The van der Waals surface area contributed by atoms with Crippen LogP contribution in [0.15, 0.2) is 48.5 Å². The fourth-order valence-electron chi connectivity index (χ4n) is 4.56. The topological polar surface area (TPSA) is 45.2 Å². The number of carbonyl (C=O) groups is 1. The smallest absolute Gasteiger partial charge is 0.248 e. The molecule has 1 fully saturated rings. The predicted molar refractivity (Wildman–Crippen MR) is 129 cm³/mol. The first-order chi connectivity index (χ1) is 15.9. The molecule has 1 saturated heterocycles. The third-order valence-electron chi connectivity index (χ3n) is 6.29. The van der Waals surface area contributed by atoms with Gasteiger partial charge in [-0.2, -0.15) is 0 Å². The lowest BCUT2D eigenvalue weighted by atomic mass is 9.88. The largest absolute Gasteiger partial charge is 0.383 e. The van der Waals surface area contributed by atoms with E-state index in [9.17, 15) is 9.18 Å². The van der Waals surface area contributed by atoms with Crippen molar-refractivity contribution < 1.29 is 18.7 Å². The number of rotatable bonds is 11. The maximum absolute atomic E-state index is 14.0. The van der Waals surface area contributed by atoms with Crippen molar-refractivity contribution in [1.29, 1.82) is 0 Å². The van der Waals surface area contributed by atoms with Crippen LogP contribution < -0.4 is 4.90 Å². The summed E-state index contributed by atoms with van der Waals surface area (Å²) in [7, 11) is 7.22. The number of carbonyl (C=O) groups excluding carboxylic acids is 1. The third-order valence-corrected chi connectivity index (χ3v) is 6.29. The van der Waals surface area contributed by atoms with Gasteiger partial charge in [0.2, 0.25) is 5.91 Å². The van der Waals surface area contributed by atoms with Crippen molar-refractivity contribution in [3.8, 4) is 0 Å². The van der Waals surface area contributed by atoms with Gasteiger partial charge in [-0.3, -0.25) is 9.69 Å². The van der Waals surface area contributed by atoms with E-state index < -0.39 is 0 Å². The van der Waals surface area contributed by atoms with Crippen LogP contribution in [0.25, 0.3) is 0 Å². The van der Waals surface area contributed by atoms with Crippen molar-refractivity contribution >= 4 is 11.6 Å². The minimum absolute atomic E-state index is 0.0446. The van der Waals surface area contributed by atoms with Gasteiger partial charge in [0.25, 0.3) is 0 Å². The van der Waals surface area contributed by atoms with E-state index in [-0.39, 0.29) is 30.2 Å². The van der Waals surface area contributed by atoms with Gasteiger partial charge in [-0.25, -0.2) is 4.39 Å². The van der Waals surface area contributed by atoms with Crippen LogP contribution in [-0.2, 0) is 20.8 Å². The number of benzene rings is 2. The normalized spacial score (nSPS) is 18.5. The minimum atomic E-state index is -0.226. The lowest BCUT2D eigenvalue weighted by Crippen LogP contribution is -2.41. The average molecular weight is 458 g/mol. The summed E-state index contributed by atoms with van der Waals surface area (Å²) in [5, 5.41) is 0. The second-order valence-electron chi connectivity index (χ2n) is 8.94. The zero-order valence-corrected chi connectivity index (χ0v) is 20.2. The van der Waals surface area contributed by atoms with E-state index in [0.29, 0.717) is 19.7 Å². The highest BCUT2D eigenvalue weighted by Crippen LogP contribution is 2.34. The molecule has 1 heterocycles. The zero-order valence-electron chi connectivity index (χ0n) is 20.2. The van der Waals surface area contributed by atoms with Gasteiger partial charge in [0.05, 0.1) is 6.61 Å². The predicted octanol–water partition coefficient (Wildman–Crippen LogP) is 3.23. The van der Waals surface area contributed by atoms with E-state index in [1.54, 1.807) is 19.2 Å². The molecule has 0 bridgehead atoms. The SMILES string of the molecule is COCCN(C[C@@H]1CN(Cc2ccc(N(C)C)cc2)C[C@H]1c1cccc(F)c1)C(=O)COC. The number of amides is 1. The summed E-state index contributed by atoms with van der Waals surface area (Å²) in [6, 6.07) is 15.4. The van der Waals surface area contributed by atoms with Crippen molar-refractivity contribution in [2.75, 3.05) is 72.6 Å². The fraction of sp³-hybridized carbons (Fsp3) is 0.500. The number of anilines is 1. The molecule has 0 aromatic heterocycles. The van der Waals surface area contributed by atoms with E-state index in [0.717, 1.165) is 25.2 Å². The van der Waals surface area contributed by atoms with Gasteiger partial charge in [-0.1, -0.05) is 24.3 Å². The van der Waals surface area contributed by atoms with Crippen LogP contribution in [0.4, 0.5) is 10.1 Å². The van der Waals surface area contributed by atoms with Crippen LogP contribution in [0.1, 0.15) is 17.0 Å². The van der Waals surface area contributed by atoms with Crippen molar-refractivity contribution in [3.63, 3.8) is 0 Å². The van der Waals surface area contributed by atoms with Gasteiger partial charge < -0.3 is 19.3 Å². The molecular weight excluding hydrogens is 421 g/mol. The monoisotopic (exact) mass is 457 g/mol. The Hall–Kier alpha value is -2.48. The lowest BCUT2D eigenvalue weighted by molar-refractivity contribution is -0.136. The molecule has 0 radical (unpaired) electrons. The molecule has 6 nitrogen and oxygen atoms in total. The Morgan fingerprint density at radius 2 is 1.85 bits per heavy atom. The van der Waals surface area contributed by atoms with E-state index in [2.05, 4.69) is 34.1 Å². The van der Waals surface area contributed by atoms with Crippen LogP contribution in [0.3, 0.4) is 0 Å². The molecule has 0 aliphatic carbocycles. The highest BCUT2D eigenvalue weighted by atomic mass is 19.1. The number of hydrogen-bond donors (Lipinski definition) is 0. The van der Waals surface area contributed by atoms with Gasteiger partial charge in [-0.05, 0) is 41.3 Å². The highest BCUT2D eigenvalue weighted by molar-refractivity contribution is 5.77. The van der Waals surface area contributed by atoms with E-state index in [4.69, 9.17) is 9.47 Å². The maximum Gasteiger partial charge on any atom is 0.248 e. The van der Waals surface area contributed by atoms with Gasteiger partial charge in [0, 0.05) is 72.6 Å². The van der Waals surface area contributed by atoms with Crippen LogP contribution in [-0.4, -0.2) is 83.4 Å². The molecule has 0 spiro atoms. The summed E-state index contributed by atoms with van der Waals surface area (Å²) in [4.78, 5) is 19.0. The summed E-state index contributed by atoms with van der Waals surface area (Å²) in [6.45, 7) is 4.08. The van der Waals surface area contributed by atoms with Crippen molar-refractivity contribution in [1.82, 2.24) is 9.80 Å². The first-order valence-electron chi connectivity index (χ1n) is 11.4. The number of nitrogens with zero attached hydrogens (tertiary/aromatic N) is 3. The molecule has 1 amide bonds. The van der Waals surface area contributed by atoms with Crippen LogP contribution >= 0.6 is 0 Å². The van der Waals surface area contributed by atoms with Crippen molar-refractivity contribution in [2.45, 2.75) is 12.5 Å². The Balaban J connectivity index is 1.78. The molecule has 180 valence electrons. The van der Waals surface area contributed by atoms with E-state index >= 15 is 0 Å². The molecule has 0 unspecified atom stereocenters. The minimum Gasteiger partial charge on any atom is -0.383 e. The van der Waals surface area contributed by atoms with Gasteiger partial charge in [0.15, 0.2) is 0 Å². The number of ether oxygens (including phenoxy) is 2. The third kappa shape index (κ3) is 7.00. The molecule has 2 atom stereocenters. The summed E-state index contributed by atoms with van der Waals surface area (Å²) < 4.78 is 24.3. The fourth-order valence-corrected chi connectivity index (χ4v) is 4.56. The Labute approximate surface area is 196 Å². The van der Waals surface area contributed by atoms with E-state index in [1.807, 2.05) is 25.1 Å². The number of likely N-dealkylation sites (tertiary alicyclic amines) is 1. The Morgan fingerprint density at radius 1 is 1.09 bits per heavy atom. The van der Waals surface area contributed by atoms with Gasteiger partial charge in [-0.15, -0.1) is 0 Å². The van der Waals surface area contributed by atoms with Gasteiger partial charge >= 0.3 is 0 Å². The number of hydrogen-bond acceptors (Lipinski definition) is 5. The Bertz CT molecular complexity index is 891. The van der Waals surface area contributed by atoms with Crippen LogP contribution in [0, 0.1) is 11.7 Å². The summed E-state index contributed by atoms with van der Waals surface area (Å²) >= 11 is 0. The molecule has 3 rings (SSSR count). The molecule has 2 aromatic carbocycles. The van der Waals surface area contributed by atoms with Crippen LogP contribution in [0.5, 0.6) is 0 Å².